The molecule has 1 aliphatic carbocycles. The van der Waals surface area contributed by atoms with Gasteiger partial charge < -0.3 is 10.5 Å². The van der Waals surface area contributed by atoms with Gasteiger partial charge in [-0.15, -0.1) is 0 Å². The molecule has 0 aliphatic heterocycles. The van der Waals surface area contributed by atoms with Crippen LogP contribution in [0.1, 0.15) is 43.0 Å². The fourth-order valence-corrected chi connectivity index (χ4v) is 2.70. The summed E-state index contributed by atoms with van der Waals surface area (Å²) in [7, 11) is 0. The predicted molar refractivity (Wildman–Crippen MR) is 75.4 cm³/mol. The second-order valence-corrected chi connectivity index (χ2v) is 5.80. The number of anilines is 1. The molecule has 0 aromatic heterocycles. The van der Waals surface area contributed by atoms with E-state index in [9.17, 15) is 4.79 Å². The largest absolute Gasteiger partial charge is 0.459 e. The van der Waals surface area contributed by atoms with Crippen molar-refractivity contribution in [3.63, 3.8) is 0 Å². The molecule has 0 radical (unpaired) electrons. The Labute approximate surface area is 116 Å². The highest BCUT2D eigenvalue weighted by Crippen LogP contribution is 2.28. The molecule has 1 fully saturated rings. The van der Waals surface area contributed by atoms with Gasteiger partial charge >= 0.3 is 5.97 Å². The predicted octanol–water partition coefficient (Wildman–Crippen LogP) is 3.77. The van der Waals surface area contributed by atoms with E-state index >= 15 is 0 Å². The zero-order valence-corrected chi connectivity index (χ0v) is 12.1. The van der Waals surface area contributed by atoms with Gasteiger partial charge in [0.1, 0.15) is 6.10 Å². The van der Waals surface area contributed by atoms with Crippen LogP contribution in [-0.4, -0.2) is 12.1 Å². The first-order chi connectivity index (χ1) is 8.58. The van der Waals surface area contributed by atoms with Crippen molar-refractivity contribution in [3.8, 4) is 0 Å². The molecule has 1 aromatic rings. The Bertz CT molecular complexity index is 447. The van der Waals surface area contributed by atoms with Crippen molar-refractivity contribution in [2.75, 3.05) is 5.73 Å². The second-order valence-electron chi connectivity index (χ2n) is 4.94. The Hall–Kier alpha value is -1.03. The van der Waals surface area contributed by atoms with E-state index in [1.165, 1.54) is 6.42 Å². The smallest absolute Gasteiger partial charge is 0.338 e. The first-order valence-corrected chi connectivity index (χ1v) is 7.13. The molecule has 1 aliphatic rings. The molecule has 0 bridgehead atoms. The van der Waals surface area contributed by atoms with E-state index in [-0.39, 0.29) is 12.1 Å². The number of hydrogen-bond acceptors (Lipinski definition) is 3. The molecule has 1 aromatic carbocycles. The first kappa shape index (κ1) is 13.4. The van der Waals surface area contributed by atoms with Crippen LogP contribution in [0.4, 0.5) is 5.69 Å². The number of carbonyl (C=O) groups excluding carboxylic acids is 1. The molecule has 1 saturated carbocycles. The Morgan fingerprint density at radius 1 is 1.39 bits per heavy atom. The fraction of sp³-hybridized carbons (Fsp3) is 0.500. The van der Waals surface area contributed by atoms with Crippen molar-refractivity contribution in [2.45, 2.75) is 38.7 Å². The van der Waals surface area contributed by atoms with Crippen molar-refractivity contribution in [3.05, 3.63) is 28.2 Å². The molecule has 0 saturated heterocycles. The lowest BCUT2D eigenvalue weighted by atomic mass is 9.88. The van der Waals surface area contributed by atoms with Crippen molar-refractivity contribution >= 4 is 27.6 Å². The normalized spacial score (nSPS) is 23.7. The summed E-state index contributed by atoms with van der Waals surface area (Å²) in [4.78, 5) is 12.0. The summed E-state index contributed by atoms with van der Waals surface area (Å²) in [5.74, 6) is 0.203. The van der Waals surface area contributed by atoms with Gasteiger partial charge in [0.05, 0.1) is 5.56 Å². The van der Waals surface area contributed by atoms with Gasteiger partial charge in [0.25, 0.3) is 0 Å². The number of halogens is 1. The average Bonchev–Trinajstić information content (AvgIpc) is 2.35. The SMILES string of the molecule is CC1CCCCC1OC(=O)c1ccc(N)c(Br)c1. The highest BCUT2D eigenvalue weighted by molar-refractivity contribution is 9.10. The second kappa shape index (κ2) is 5.74. The molecule has 2 atom stereocenters. The van der Waals surface area contributed by atoms with Crippen molar-refractivity contribution < 1.29 is 9.53 Å². The Balaban J connectivity index is 2.04. The van der Waals surface area contributed by atoms with Crippen LogP contribution < -0.4 is 5.73 Å². The number of ether oxygens (including phenoxy) is 1. The summed E-state index contributed by atoms with van der Waals surface area (Å²) < 4.78 is 6.31. The minimum atomic E-state index is -0.255. The van der Waals surface area contributed by atoms with Crippen LogP contribution in [0.2, 0.25) is 0 Å². The van der Waals surface area contributed by atoms with Gasteiger partial charge in [0.2, 0.25) is 0 Å². The molecular weight excluding hydrogens is 294 g/mol. The molecule has 18 heavy (non-hydrogen) atoms. The molecular formula is C14H18BrNO2. The maximum Gasteiger partial charge on any atom is 0.338 e. The molecule has 2 unspecified atom stereocenters. The summed E-state index contributed by atoms with van der Waals surface area (Å²) in [6.45, 7) is 2.15. The van der Waals surface area contributed by atoms with Crippen LogP contribution in [0, 0.1) is 5.92 Å². The standard InChI is InChI=1S/C14H18BrNO2/c1-9-4-2-3-5-13(9)18-14(17)10-6-7-12(16)11(15)8-10/h6-9,13H,2-5,16H2,1H3. The van der Waals surface area contributed by atoms with Crippen molar-refractivity contribution in [1.29, 1.82) is 0 Å². The number of hydrogen-bond donors (Lipinski definition) is 1. The van der Waals surface area contributed by atoms with Gasteiger partial charge in [0, 0.05) is 10.2 Å². The highest BCUT2D eigenvalue weighted by atomic mass is 79.9. The van der Waals surface area contributed by atoms with Gasteiger partial charge in [0.15, 0.2) is 0 Å². The van der Waals surface area contributed by atoms with Crippen LogP contribution in [0.5, 0.6) is 0 Å². The minimum absolute atomic E-state index is 0.0579. The fourth-order valence-electron chi connectivity index (χ4n) is 2.32. The van der Waals surface area contributed by atoms with Gasteiger partial charge in [-0.25, -0.2) is 4.79 Å². The quantitative estimate of drug-likeness (QED) is 0.668. The topological polar surface area (TPSA) is 52.3 Å². The van der Waals surface area contributed by atoms with Crippen LogP contribution in [0.25, 0.3) is 0 Å². The summed E-state index contributed by atoms with van der Waals surface area (Å²) in [6.07, 6.45) is 4.56. The number of benzene rings is 1. The van der Waals surface area contributed by atoms with E-state index in [2.05, 4.69) is 22.9 Å². The van der Waals surface area contributed by atoms with Crippen molar-refractivity contribution in [1.82, 2.24) is 0 Å². The number of esters is 1. The van der Waals surface area contributed by atoms with Crippen molar-refractivity contribution in [2.24, 2.45) is 5.92 Å². The number of nitrogens with two attached hydrogens (primary N) is 1. The monoisotopic (exact) mass is 311 g/mol. The third kappa shape index (κ3) is 3.05. The number of rotatable bonds is 2. The van der Waals surface area contributed by atoms with E-state index in [1.54, 1.807) is 18.2 Å². The Morgan fingerprint density at radius 2 is 2.11 bits per heavy atom. The van der Waals surface area contributed by atoms with Crippen LogP contribution in [0.3, 0.4) is 0 Å². The van der Waals surface area contributed by atoms with Crippen LogP contribution in [0.15, 0.2) is 22.7 Å². The number of carbonyl (C=O) groups is 1. The van der Waals surface area contributed by atoms with E-state index < -0.39 is 0 Å². The van der Waals surface area contributed by atoms with E-state index in [4.69, 9.17) is 10.5 Å². The molecule has 3 nitrogen and oxygen atoms in total. The average molecular weight is 312 g/mol. The third-order valence-corrected chi connectivity index (χ3v) is 4.21. The van der Waals surface area contributed by atoms with E-state index in [0.29, 0.717) is 17.2 Å². The van der Waals surface area contributed by atoms with Gasteiger partial charge in [-0.2, -0.15) is 0 Å². The van der Waals surface area contributed by atoms with Gasteiger partial charge in [-0.1, -0.05) is 13.3 Å². The van der Waals surface area contributed by atoms with Gasteiger partial charge in [-0.3, -0.25) is 0 Å². The molecule has 4 heteroatoms. The molecule has 0 amide bonds. The van der Waals surface area contributed by atoms with Crippen LogP contribution >= 0.6 is 15.9 Å². The van der Waals surface area contributed by atoms with Crippen LogP contribution in [-0.2, 0) is 4.74 Å². The Kier molecular flexibility index (Phi) is 4.27. The first-order valence-electron chi connectivity index (χ1n) is 6.34. The maximum atomic E-state index is 12.0. The summed E-state index contributed by atoms with van der Waals surface area (Å²) in [5.41, 5.74) is 6.87. The molecule has 98 valence electrons. The Morgan fingerprint density at radius 3 is 2.78 bits per heavy atom. The molecule has 2 rings (SSSR count). The lowest BCUT2D eigenvalue weighted by Crippen LogP contribution is -2.28. The van der Waals surface area contributed by atoms with Gasteiger partial charge in [-0.05, 0) is 59.3 Å². The molecule has 0 heterocycles. The minimum Gasteiger partial charge on any atom is -0.459 e. The summed E-state index contributed by atoms with van der Waals surface area (Å²) in [5, 5.41) is 0. The zero-order valence-electron chi connectivity index (χ0n) is 10.5. The lowest BCUT2D eigenvalue weighted by Gasteiger charge is -2.28. The lowest BCUT2D eigenvalue weighted by molar-refractivity contribution is 0.00481. The maximum absolute atomic E-state index is 12.0. The number of nitrogen functional groups attached to an aromatic ring is 1. The molecule has 0 spiro atoms. The van der Waals surface area contributed by atoms with E-state index in [0.717, 1.165) is 23.7 Å². The highest BCUT2D eigenvalue weighted by Gasteiger charge is 2.25. The van der Waals surface area contributed by atoms with E-state index in [1.807, 2.05) is 0 Å². The molecule has 2 N–H and O–H groups in total. The third-order valence-electron chi connectivity index (χ3n) is 3.53. The zero-order chi connectivity index (χ0) is 13.1. The summed E-state index contributed by atoms with van der Waals surface area (Å²) >= 11 is 3.32. The summed E-state index contributed by atoms with van der Waals surface area (Å²) in [6, 6.07) is 5.13.